The van der Waals surface area contributed by atoms with E-state index in [0.29, 0.717) is 0 Å². The highest BCUT2D eigenvalue weighted by Crippen LogP contribution is 2.15. The topological polar surface area (TPSA) is 44.4 Å². The quantitative estimate of drug-likeness (QED) is 0.722. The van der Waals surface area contributed by atoms with Crippen molar-refractivity contribution >= 4 is 17.7 Å². The van der Waals surface area contributed by atoms with Gasteiger partial charge in [0.25, 0.3) is 0 Å². The maximum Gasteiger partial charge on any atom is 0.238 e. The summed E-state index contributed by atoms with van der Waals surface area (Å²) < 4.78 is 0. The van der Waals surface area contributed by atoms with Crippen LogP contribution >= 0.6 is 11.8 Å². The minimum Gasteiger partial charge on any atom is -0.355 e. The fourth-order valence-corrected chi connectivity index (χ4v) is 3.79. The lowest BCUT2D eigenvalue weighted by atomic mass is 10.0. The van der Waals surface area contributed by atoms with Crippen LogP contribution in [-0.2, 0) is 4.79 Å². The molecule has 2 rings (SSSR count). The number of unbranched alkanes of at least 4 members (excludes halogenated alkanes) is 1. The van der Waals surface area contributed by atoms with Gasteiger partial charge in [-0.05, 0) is 44.7 Å². The number of rotatable bonds is 6. The van der Waals surface area contributed by atoms with Crippen molar-refractivity contribution in [3.63, 3.8) is 0 Å². The van der Waals surface area contributed by atoms with E-state index in [1.165, 1.54) is 38.9 Å². The minimum absolute atomic E-state index is 0.0351. The molecule has 0 aromatic carbocycles. The van der Waals surface area contributed by atoms with Crippen LogP contribution in [0, 0.1) is 5.92 Å². The second kappa shape index (κ2) is 8.12. The number of hydrogen-bond acceptors (Lipinski definition) is 4. The van der Waals surface area contributed by atoms with Gasteiger partial charge in [-0.3, -0.25) is 10.1 Å². The van der Waals surface area contributed by atoms with E-state index in [9.17, 15) is 4.79 Å². The summed E-state index contributed by atoms with van der Waals surface area (Å²) >= 11 is 1.79. The third kappa shape index (κ3) is 5.32. The average Bonchev–Trinajstić information content (AvgIpc) is 2.92. The van der Waals surface area contributed by atoms with E-state index in [2.05, 4.69) is 22.5 Å². The Kier molecular flexibility index (Phi) is 6.47. The number of carbonyl (C=O) groups excluding carboxylic acids is 1. The summed E-state index contributed by atoms with van der Waals surface area (Å²) in [5.74, 6) is 2.86. The number of nitrogens with one attached hydrogen (secondary N) is 2. The number of amides is 1. The van der Waals surface area contributed by atoms with Gasteiger partial charge in [0, 0.05) is 24.7 Å². The number of piperidine rings is 1. The molecule has 0 aromatic rings. The highest BCUT2D eigenvalue weighted by Gasteiger charge is 2.21. The van der Waals surface area contributed by atoms with E-state index in [4.69, 9.17) is 0 Å². The Morgan fingerprint density at radius 2 is 2.37 bits per heavy atom. The number of nitrogens with zero attached hydrogens (tertiary/aromatic N) is 1. The molecule has 2 heterocycles. The van der Waals surface area contributed by atoms with E-state index in [1.54, 1.807) is 11.8 Å². The van der Waals surface area contributed by atoms with E-state index in [0.717, 1.165) is 30.5 Å². The summed E-state index contributed by atoms with van der Waals surface area (Å²) in [6.45, 7) is 6.89. The van der Waals surface area contributed by atoms with Crippen LogP contribution in [0.4, 0.5) is 0 Å². The molecule has 0 spiro atoms. The molecule has 2 aliphatic rings. The lowest BCUT2D eigenvalue weighted by molar-refractivity contribution is -0.122. The Hall–Kier alpha value is -0.260. The zero-order valence-electron chi connectivity index (χ0n) is 12.0. The lowest BCUT2D eigenvalue weighted by Crippen LogP contribution is -2.42. The largest absolute Gasteiger partial charge is 0.355 e. The molecule has 2 atom stereocenters. The predicted octanol–water partition coefficient (Wildman–Crippen LogP) is 1.28. The maximum atomic E-state index is 11.8. The fraction of sp³-hybridized carbons (Fsp3) is 0.929. The van der Waals surface area contributed by atoms with Crippen LogP contribution in [0.25, 0.3) is 0 Å². The summed E-state index contributed by atoms with van der Waals surface area (Å²) in [4.78, 5) is 14.3. The predicted molar refractivity (Wildman–Crippen MR) is 81.3 cm³/mol. The first-order valence-corrected chi connectivity index (χ1v) is 8.72. The third-order valence-corrected chi connectivity index (χ3v) is 4.91. The molecule has 5 heteroatoms. The van der Waals surface area contributed by atoms with Crippen LogP contribution < -0.4 is 10.6 Å². The number of thioether (sulfide) groups is 1. The molecule has 0 aliphatic carbocycles. The maximum absolute atomic E-state index is 11.8. The molecular formula is C14H27N3OS. The molecule has 2 unspecified atom stereocenters. The van der Waals surface area contributed by atoms with Gasteiger partial charge in [-0.2, -0.15) is 0 Å². The van der Waals surface area contributed by atoms with Crippen molar-refractivity contribution in [2.24, 2.45) is 5.92 Å². The monoisotopic (exact) mass is 285 g/mol. The SMILES string of the molecule is CC1CCCN(CCCCNC(=O)C2CSCN2)C1. The first-order valence-electron chi connectivity index (χ1n) is 7.57. The second-order valence-corrected chi connectivity index (χ2v) is 6.85. The van der Waals surface area contributed by atoms with Gasteiger partial charge < -0.3 is 10.2 Å². The molecule has 2 saturated heterocycles. The van der Waals surface area contributed by atoms with Crippen LogP contribution in [0.15, 0.2) is 0 Å². The summed E-state index contributed by atoms with van der Waals surface area (Å²) in [6, 6.07) is 0.0351. The van der Waals surface area contributed by atoms with Crippen molar-refractivity contribution < 1.29 is 4.79 Å². The van der Waals surface area contributed by atoms with Gasteiger partial charge in [-0.1, -0.05) is 6.92 Å². The fourth-order valence-electron chi connectivity index (χ4n) is 2.85. The first kappa shape index (κ1) is 15.1. The molecule has 110 valence electrons. The Bertz CT molecular complexity index is 282. The molecule has 0 aromatic heterocycles. The summed E-state index contributed by atoms with van der Waals surface area (Å²) in [5.41, 5.74) is 0. The van der Waals surface area contributed by atoms with Gasteiger partial charge >= 0.3 is 0 Å². The normalized spacial score (nSPS) is 28.5. The zero-order valence-corrected chi connectivity index (χ0v) is 12.8. The molecule has 0 saturated carbocycles. The van der Waals surface area contributed by atoms with Gasteiger partial charge in [0.15, 0.2) is 0 Å². The number of hydrogen-bond donors (Lipinski definition) is 2. The van der Waals surface area contributed by atoms with Crippen molar-refractivity contribution in [1.29, 1.82) is 0 Å². The number of likely N-dealkylation sites (tertiary alicyclic amines) is 1. The minimum atomic E-state index is 0.0351. The van der Waals surface area contributed by atoms with Crippen LogP contribution in [0.2, 0.25) is 0 Å². The Morgan fingerprint density at radius 1 is 1.47 bits per heavy atom. The molecular weight excluding hydrogens is 258 g/mol. The highest BCUT2D eigenvalue weighted by molar-refractivity contribution is 7.99. The standard InChI is InChI=1S/C14H27N3OS/c1-12-5-4-8-17(9-12)7-3-2-6-15-14(18)13-10-19-11-16-13/h12-13,16H,2-11H2,1H3,(H,15,18). The molecule has 0 bridgehead atoms. The molecule has 1 amide bonds. The van der Waals surface area contributed by atoms with Crippen LogP contribution in [0.5, 0.6) is 0 Å². The first-order chi connectivity index (χ1) is 9.25. The van der Waals surface area contributed by atoms with Gasteiger partial charge in [0.05, 0.1) is 6.04 Å². The molecule has 2 fully saturated rings. The second-order valence-electron chi connectivity index (χ2n) is 5.82. The Morgan fingerprint density at radius 3 is 3.11 bits per heavy atom. The highest BCUT2D eigenvalue weighted by atomic mass is 32.2. The van der Waals surface area contributed by atoms with Crippen LogP contribution in [-0.4, -0.2) is 54.7 Å². The summed E-state index contributed by atoms with van der Waals surface area (Å²) in [7, 11) is 0. The van der Waals surface area contributed by atoms with Crippen LogP contribution in [0.1, 0.15) is 32.6 Å². The van der Waals surface area contributed by atoms with Crippen molar-refractivity contribution in [2.45, 2.75) is 38.6 Å². The molecule has 19 heavy (non-hydrogen) atoms. The van der Waals surface area contributed by atoms with Gasteiger partial charge in [-0.25, -0.2) is 0 Å². The number of carbonyl (C=O) groups is 1. The van der Waals surface area contributed by atoms with Crippen molar-refractivity contribution in [1.82, 2.24) is 15.5 Å². The summed E-state index contributed by atoms with van der Waals surface area (Å²) in [6.07, 6.45) is 5.03. The molecule has 0 radical (unpaired) electrons. The summed E-state index contributed by atoms with van der Waals surface area (Å²) in [5, 5.41) is 6.23. The van der Waals surface area contributed by atoms with Gasteiger partial charge in [0.2, 0.25) is 5.91 Å². The molecule has 2 aliphatic heterocycles. The Balaban J connectivity index is 1.48. The van der Waals surface area contributed by atoms with E-state index < -0.39 is 0 Å². The van der Waals surface area contributed by atoms with E-state index >= 15 is 0 Å². The van der Waals surface area contributed by atoms with E-state index in [-0.39, 0.29) is 11.9 Å². The van der Waals surface area contributed by atoms with Crippen molar-refractivity contribution in [3.8, 4) is 0 Å². The van der Waals surface area contributed by atoms with Gasteiger partial charge in [0.1, 0.15) is 0 Å². The smallest absolute Gasteiger partial charge is 0.238 e. The van der Waals surface area contributed by atoms with Crippen molar-refractivity contribution in [2.75, 3.05) is 37.8 Å². The average molecular weight is 285 g/mol. The lowest BCUT2D eigenvalue weighted by Gasteiger charge is -2.30. The van der Waals surface area contributed by atoms with Crippen LogP contribution in [0.3, 0.4) is 0 Å². The third-order valence-electron chi connectivity index (χ3n) is 3.97. The Labute approximate surface area is 121 Å². The molecule has 4 nitrogen and oxygen atoms in total. The van der Waals surface area contributed by atoms with E-state index in [1.807, 2.05) is 0 Å². The van der Waals surface area contributed by atoms with Gasteiger partial charge in [-0.15, -0.1) is 11.8 Å². The zero-order chi connectivity index (χ0) is 13.5. The van der Waals surface area contributed by atoms with Crippen molar-refractivity contribution in [3.05, 3.63) is 0 Å². The molecule has 2 N–H and O–H groups in total.